The molecule has 14 heteroatoms. The molecule has 0 aliphatic carbocycles. The van der Waals surface area contributed by atoms with E-state index in [-0.39, 0.29) is 31.4 Å². The molecule has 0 aliphatic heterocycles. The molecule has 4 aromatic carbocycles. The summed E-state index contributed by atoms with van der Waals surface area (Å²) < 4.78 is 9.39. The summed E-state index contributed by atoms with van der Waals surface area (Å²) in [4.78, 5) is 69.8. The second-order valence-electron chi connectivity index (χ2n) is 13.3. The minimum absolute atomic E-state index is 0.154. The molecule has 0 aliphatic rings. The molecule has 14 nitrogen and oxygen atoms in total. The SMILES string of the molecule is CCCN(Cc1ncc(-c2ccc(-c3ccc4c(ccc5[nH]c(CN(CCC)C(=O)[C@H](NC(=O)OC)c6ccccc6)nc54)c3)cc2)[nH]1)C(=O)CNC(=O)OC. The van der Waals surface area contributed by atoms with E-state index in [1.165, 1.54) is 14.2 Å². The number of hydrogen-bond acceptors (Lipinski definition) is 8. The Hall–Kier alpha value is -6.70. The van der Waals surface area contributed by atoms with Gasteiger partial charge in [-0.25, -0.2) is 19.6 Å². The van der Waals surface area contributed by atoms with Gasteiger partial charge in [0.1, 0.15) is 24.2 Å². The number of aromatic nitrogens is 4. The van der Waals surface area contributed by atoms with Gasteiger partial charge < -0.3 is 39.9 Å². The average Bonchev–Trinajstić information content (AvgIpc) is 3.88. The van der Waals surface area contributed by atoms with Crippen molar-refractivity contribution in [2.45, 2.75) is 45.8 Å². The summed E-state index contributed by atoms with van der Waals surface area (Å²) in [5.74, 6) is 0.802. The number of carbonyl (C=O) groups is 4. The van der Waals surface area contributed by atoms with Crippen LogP contribution < -0.4 is 10.6 Å². The fourth-order valence-corrected chi connectivity index (χ4v) is 6.62. The molecule has 0 bridgehead atoms. The quantitative estimate of drug-likeness (QED) is 0.0895. The minimum atomic E-state index is -0.910. The molecule has 0 saturated carbocycles. The number of imidazole rings is 2. The highest BCUT2D eigenvalue weighted by atomic mass is 16.5. The van der Waals surface area contributed by atoms with E-state index < -0.39 is 18.2 Å². The predicted molar refractivity (Wildman–Crippen MR) is 213 cm³/mol. The van der Waals surface area contributed by atoms with E-state index in [9.17, 15) is 19.2 Å². The molecule has 4 amide bonds. The molecule has 2 aromatic heterocycles. The Morgan fingerprint density at radius 2 is 1.43 bits per heavy atom. The van der Waals surface area contributed by atoms with Gasteiger partial charge in [0.05, 0.1) is 50.2 Å². The Morgan fingerprint density at radius 1 is 0.750 bits per heavy atom. The van der Waals surface area contributed by atoms with E-state index in [4.69, 9.17) is 9.72 Å². The van der Waals surface area contributed by atoms with Gasteiger partial charge in [0, 0.05) is 18.5 Å². The van der Waals surface area contributed by atoms with Crippen LogP contribution in [0.1, 0.15) is 49.9 Å². The summed E-state index contributed by atoms with van der Waals surface area (Å²) in [6.07, 6.45) is 1.90. The molecule has 0 saturated heterocycles. The van der Waals surface area contributed by atoms with E-state index in [1.54, 1.807) is 28.1 Å². The van der Waals surface area contributed by atoms with Crippen molar-refractivity contribution in [3.63, 3.8) is 0 Å². The van der Waals surface area contributed by atoms with Crippen molar-refractivity contribution < 1.29 is 28.7 Å². The summed E-state index contributed by atoms with van der Waals surface area (Å²) in [5, 5.41) is 7.14. The molecule has 0 radical (unpaired) electrons. The Labute approximate surface area is 324 Å². The van der Waals surface area contributed by atoms with Crippen LogP contribution in [0.25, 0.3) is 44.2 Å². The topological polar surface area (TPSA) is 175 Å². The lowest BCUT2D eigenvalue weighted by Gasteiger charge is -2.27. The number of amides is 4. The van der Waals surface area contributed by atoms with Crippen molar-refractivity contribution in [3.05, 3.63) is 108 Å². The van der Waals surface area contributed by atoms with E-state index >= 15 is 0 Å². The molecule has 6 aromatic rings. The molecular weight excluding hydrogens is 713 g/mol. The molecule has 4 N–H and O–H groups in total. The first kappa shape index (κ1) is 39.0. The molecule has 0 unspecified atom stereocenters. The number of fused-ring (bicyclic) bond motifs is 3. The first-order chi connectivity index (χ1) is 27.2. The van der Waals surface area contributed by atoms with Crippen LogP contribution >= 0.6 is 0 Å². The number of aromatic amines is 2. The second kappa shape index (κ2) is 18.1. The monoisotopic (exact) mass is 758 g/mol. The van der Waals surface area contributed by atoms with E-state index in [0.717, 1.165) is 57.0 Å². The number of nitrogens with zero attached hydrogens (tertiary/aromatic N) is 4. The van der Waals surface area contributed by atoms with E-state index in [0.29, 0.717) is 30.3 Å². The van der Waals surface area contributed by atoms with Crippen LogP contribution in [-0.4, -0.2) is 87.6 Å². The van der Waals surface area contributed by atoms with Crippen molar-refractivity contribution >= 4 is 45.8 Å². The normalized spacial score (nSPS) is 11.6. The Bertz CT molecular complexity index is 2300. The van der Waals surface area contributed by atoms with Gasteiger partial charge in [-0.1, -0.05) is 86.6 Å². The van der Waals surface area contributed by atoms with Gasteiger partial charge in [-0.3, -0.25) is 9.59 Å². The number of hydrogen-bond donors (Lipinski definition) is 4. The summed E-state index contributed by atoms with van der Waals surface area (Å²) in [5.41, 5.74) is 6.19. The zero-order valence-corrected chi connectivity index (χ0v) is 31.9. The van der Waals surface area contributed by atoms with Crippen LogP contribution in [0.2, 0.25) is 0 Å². The highest BCUT2D eigenvalue weighted by molar-refractivity contribution is 6.05. The highest BCUT2D eigenvalue weighted by Crippen LogP contribution is 2.31. The molecule has 0 fully saturated rings. The first-order valence-corrected chi connectivity index (χ1v) is 18.5. The maximum absolute atomic E-state index is 13.9. The third-order valence-corrected chi connectivity index (χ3v) is 9.40. The zero-order valence-electron chi connectivity index (χ0n) is 31.9. The van der Waals surface area contributed by atoms with Gasteiger partial charge in [0.15, 0.2) is 0 Å². The third-order valence-electron chi connectivity index (χ3n) is 9.40. The Morgan fingerprint density at radius 3 is 2.14 bits per heavy atom. The lowest BCUT2D eigenvalue weighted by atomic mass is 9.99. The summed E-state index contributed by atoms with van der Waals surface area (Å²) >= 11 is 0. The molecule has 1 atom stereocenters. The van der Waals surface area contributed by atoms with Crippen molar-refractivity contribution in [2.24, 2.45) is 0 Å². The van der Waals surface area contributed by atoms with Gasteiger partial charge in [0.25, 0.3) is 0 Å². The van der Waals surface area contributed by atoms with Crippen LogP contribution in [0.5, 0.6) is 0 Å². The van der Waals surface area contributed by atoms with Crippen molar-refractivity contribution in [2.75, 3.05) is 33.9 Å². The summed E-state index contributed by atoms with van der Waals surface area (Å²) in [6, 6.07) is 26.7. The molecule has 290 valence electrons. The number of alkyl carbamates (subject to hydrolysis) is 2. The highest BCUT2D eigenvalue weighted by Gasteiger charge is 2.28. The van der Waals surface area contributed by atoms with E-state index in [1.807, 2.05) is 50.2 Å². The number of rotatable bonds is 15. The Kier molecular flexibility index (Phi) is 12.6. The fourth-order valence-electron chi connectivity index (χ4n) is 6.62. The van der Waals surface area contributed by atoms with Crippen LogP contribution in [0.4, 0.5) is 9.59 Å². The minimum Gasteiger partial charge on any atom is -0.453 e. The zero-order chi connectivity index (χ0) is 39.6. The van der Waals surface area contributed by atoms with Crippen LogP contribution in [0.3, 0.4) is 0 Å². The Balaban J connectivity index is 1.17. The van der Waals surface area contributed by atoms with Gasteiger partial charge in [-0.05, 0) is 52.6 Å². The fraction of sp³-hybridized carbons (Fsp3) is 0.286. The van der Waals surface area contributed by atoms with Crippen LogP contribution in [0.15, 0.2) is 91.1 Å². The standard InChI is InChI=1S/C42H46N8O6/c1-5-20-49(37(51)24-44-41(53)55-3)25-35-43-23-34(46-35)28-14-12-27(13-15-28)30-16-18-32-31(22-30)17-19-33-39(32)47-36(45-33)26-50(21-6-2)40(52)38(48-42(54)56-4)29-10-8-7-9-11-29/h7-19,22-23,38H,5-6,20-21,24-26H2,1-4H3,(H,43,46)(H,44,53)(H,45,47)(H,48,54)/t38-/m1/s1. The summed E-state index contributed by atoms with van der Waals surface area (Å²) in [7, 11) is 2.53. The largest absolute Gasteiger partial charge is 0.453 e. The lowest BCUT2D eigenvalue weighted by Crippen LogP contribution is -2.43. The number of nitrogens with one attached hydrogen (secondary N) is 4. The second-order valence-corrected chi connectivity index (χ2v) is 13.3. The van der Waals surface area contributed by atoms with Crippen LogP contribution in [0, 0.1) is 0 Å². The molecule has 0 spiro atoms. The lowest BCUT2D eigenvalue weighted by molar-refractivity contribution is -0.134. The van der Waals surface area contributed by atoms with E-state index in [2.05, 4.69) is 66.7 Å². The molecule has 6 rings (SSSR count). The van der Waals surface area contributed by atoms with Gasteiger partial charge in [0.2, 0.25) is 11.8 Å². The van der Waals surface area contributed by atoms with Crippen LogP contribution in [-0.2, 0) is 32.2 Å². The molecule has 2 heterocycles. The van der Waals surface area contributed by atoms with Crippen molar-refractivity contribution in [1.29, 1.82) is 0 Å². The smallest absolute Gasteiger partial charge is 0.407 e. The molecule has 56 heavy (non-hydrogen) atoms. The predicted octanol–water partition coefficient (Wildman–Crippen LogP) is 6.70. The number of H-pyrrole nitrogens is 2. The van der Waals surface area contributed by atoms with Crippen molar-refractivity contribution in [1.82, 2.24) is 40.4 Å². The number of benzene rings is 4. The number of methoxy groups -OCH3 is 2. The van der Waals surface area contributed by atoms with Crippen molar-refractivity contribution in [3.8, 4) is 22.4 Å². The maximum atomic E-state index is 13.9. The average molecular weight is 759 g/mol. The first-order valence-electron chi connectivity index (χ1n) is 18.5. The third kappa shape index (κ3) is 9.14. The number of carbonyl (C=O) groups excluding carboxylic acids is 4. The van der Waals surface area contributed by atoms with Gasteiger partial charge >= 0.3 is 12.2 Å². The van der Waals surface area contributed by atoms with Gasteiger partial charge in [-0.2, -0.15) is 0 Å². The summed E-state index contributed by atoms with van der Waals surface area (Å²) in [6.45, 7) is 5.35. The molecular formula is C42H46N8O6. The van der Waals surface area contributed by atoms with Gasteiger partial charge in [-0.15, -0.1) is 0 Å². The maximum Gasteiger partial charge on any atom is 0.407 e. The number of ether oxygens (including phenoxy) is 2.